The Morgan fingerprint density at radius 3 is 2.35 bits per heavy atom. The third kappa shape index (κ3) is 3.27. The van der Waals surface area contributed by atoms with E-state index >= 15 is 0 Å². The fourth-order valence-corrected chi connectivity index (χ4v) is 8.48. The third-order valence-corrected chi connectivity index (χ3v) is 9.85. The Morgan fingerprint density at radius 2 is 1.71 bits per heavy atom. The van der Waals surface area contributed by atoms with Crippen LogP contribution in [0.3, 0.4) is 0 Å². The zero-order chi connectivity index (χ0) is 22.8. The normalized spacial score (nSPS) is 47.5. The summed E-state index contributed by atoms with van der Waals surface area (Å²) in [5, 5.41) is 12.2. The molecular formula is C25H38O6. The summed E-state index contributed by atoms with van der Waals surface area (Å²) >= 11 is 0. The molecule has 4 aliphatic carbocycles. The average molecular weight is 435 g/mol. The molecule has 0 amide bonds. The van der Waals surface area contributed by atoms with Crippen LogP contribution in [0.15, 0.2) is 0 Å². The van der Waals surface area contributed by atoms with Gasteiger partial charge in [-0.2, -0.15) is 0 Å². The van der Waals surface area contributed by atoms with Crippen LogP contribution < -0.4 is 0 Å². The molecule has 0 bridgehead atoms. The van der Waals surface area contributed by atoms with Gasteiger partial charge >= 0.3 is 11.9 Å². The first kappa shape index (κ1) is 22.8. The second-order valence-corrected chi connectivity index (χ2v) is 11.3. The molecule has 4 aliphatic rings. The average Bonchev–Trinajstić information content (AvgIpc) is 2.99. The number of carbonyl (C=O) groups is 3. The van der Waals surface area contributed by atoms with Gasteiger partial charge in [0.1, 0.15) is 17.8 Å². The quantitative estimate of drug-likeness (QED) is 0.679. The van der Waals surface area contributed by atoms with Gasteiger partial charge < -0.3 is 14.6 Å². The number of esters is 2. The third-order valence-electron chi connectivity index (χ3n) is 9.85. The van der Waals surface area contributed by atoms with Crippen molar-refractivity contribution in [1.82, 2.24) is 0 Å². The van der Waals surface area contributed by atoms with Gasteiger partial charge in [0.2, 0.25) is 0 Å². The molecule has 1 N–H and O–H groups in total. The molecule has 0 unspecified atom stereocenters. The Bertz CT molecular complexity index is 778. The van der Waals surface area contributed by atoms with Gasteiger partial charge in [-0.1, -0.05) is 13.8 Å². The molecular weight excluding hydrogens is 396 g/mol. The van der Waals surface area contributed by atoms with Crippen LogP contribution >= 0.6 is 0 Å². The van der Waals surface area contributed by atoms with E-state index in [1.165, 1.54) is 13.8 Å². The largest absolute Gasteiger partial charge is 0.463 e. The molecule has 6 heteroatoms. The summed E-state index contributed by atoms with van der Waals surface area (Å²) in [5.41, 5.74) is -2.05. The fraction of sp³-hybridized carbons (Fsp3) is 0.880. The van der Waals surface area contributed by atoms with E-state index in [-0.39, 0.29) is 59.0 Å². The molecule has 4 fully saturated rings. The van der Waals surface area contributed by atoms with E-state index in [9.17, 15) is 19.5 Å². The number of aliphatic hydroxyl groups is 1. The standard InChI is InChI=1S/C25H38O6/c1-14(30-15(2)26)19-8-9-20-21-7-6-17-12-18(31-16(3)27)10-11-24(17,5)25(21,29)22(28)13-23(19,20)4/h14,17-21,29H,6-13H2,1-5H3/t14-,17-,18+,19+,20-,21+,23-,24+,25-/m0/s1. The smallest absolute Gasteiger partial charge is 0.302 e. The highest BCUT2D eigenvalue weighted by molar-refractivity contribution is 5.90. The lowest BCUT2D eigenvalue weighted by molar-refractivity contribution is -0.231. The molecule has 0 aromatic rings. The van der Waals surface area contributed by atoms with E-state index < -0.39 is 11.0 Å². The molecule has 0 radical (unpaired) electrons. The number of hydrogen-bond acceptors (Lipinski definition) is 6. The van der Waals surface area contributed by atoms with Gasteiger partial charge in [-0.3, -0.25) is 14.4 Å². The lowest BCUT2D eigenvalue weighted by Gasteiger charge is -2.64. The van der Waals surface area contributed by atoms with Crippen LogP contribution in [0.25, 0.3) is 0 Å². The summed E-state index contributed by atoms with van der Waals surface area (Å²) in [6, 6.07) is 0. The Labute approximate surface area is 185 Å². The van der Waals surface area contributed by atoms with Crippen molar-refractivity contribution in [1.29, 1.82) is 0 Å². The minimum Gasteiger partial charge on any atom is -0.463 e. The Hall–Kier alpha value is -1.43. The summed E-state index contributed by atoms with van der Waals surface area (Å²) < 4.78 is 11.0. The van der Waals surface area contributed by atoms with Crippen molar-refractivity contribution in [2.75, 3.05) is 0 Å². The molecule has 0 spiro atoms. The predicted octanol–water partition coefficient (Wildman–Crippen LogP) is 3.82. The first-order chi connectivity index (χ1) is 14.4. The lowest BCUT2D eigenvalue weighted by atomic mass is 9.42. The van der Waals surface area contributed by atoms with Crippen molar-refractivity contribution in [2.24, 2.45) is 34.5 Å². The predicted molar refractivity (Wildman–Crippen MR) is 114 cm³/mol. The minimum atomic E-state index is -1.32. The minimum absolute atomic E-state index is 0.0312. The van der Waals surface area contributed by atoms with Crippen molar-refractivity contribution in [3.63, 3.8) is 0 Å². The van der Waals surface area contributed by atoms with Crippen LogP contribution in [-0.2, 0) is 23.9 Å². The Morgan fingerprint density at radius 1 is 1.03 bits per heavy atom. The summed E-state index contributed by atoms with van der Waals surface area (Å²) in [4.78, 5) is 36.8. The maximum Gasteiger partial charge on any atom is 0.302 e. The topological polar surface area (TPSA) is 89.9 Å². The number of rotatable bonds is 3. The highest BCUT2D eigenvalue weighted by Gasteiger charge is 2.71. The highest BCUT2D eigenvalue weighted by Crippen LogP contribution is 2.68. The molecule has 31 heavy (non-hydrogen) atoms. The SMILES string of the molecule is CC(=O)O[C@@H]1CC[C@]2(C)[C@@H](CC[C@@H]3[C@@H]4CC[C@H]([C@H](C)OC(C)=O)[C@]4(C)CC(=O)[C@@]32O)C1. The monoisotopic (exact) mass is 434 g/mol. The maximum atomic E-state index is 13.8. The van der Waals surface area contributed by atoms with Crippen LogP contribution in [-0.4, -0.2) is 40.6 Å². The van der Waals surface area contributed by atoms with E-state index in [2.05, 4.69) is 13.8 Å². The molecule has 0 aromatic heterocycles. The van der Waals surface area contributed by atoms with E-state index in [1.54, 1.807) is 0 Å². The van der Waals surface area contributed by atoms with Crippen LogP contribution in [0.1, 0.15) is 86.0 Å². The first-order valence-corrected chi connectivity index (χ1v) is 12.0. The number of carbonyl (C=O) groups excluding carboxylic acids is 3. The molecule has 0 heterocycles. The fourth-order valence-electron chi connectivity index (χ4n) is 8.48. The van der Waals surface area contributed by atoms with Crippen LogP contribution in [0.5, 0.6) is 0 Å². The zero-order valence-electron chi connectivity index (χ0n) is 19.6. The number of Topliss-reactive ketones (excluding diaryl/α,β-unsaturated/α-hetero) is 1. The molecule has 4 rings (SSSR count). The molecule has 174 valence electrons. The van der Waals surface area contributed by atoms with Gasteiger partial charge in [0, 0.05) is 31.6 Å². The van der Waals surface area contributed by atoms with E-state index in [1.807, 2.05) is 6.92 Å². The van der Waals surface area contributed by atoms with Crippen LogP contribution in [0.4, 0.5) is 0 Å². The summed E-state index contributed by atoms with van der Waals surface area (Å²) in [7, 11) is 0. The summed E-state index contributed by atoms with van der Waals surface area (Å²) in [6.07, 6.45) is 5.79. The Balaban J connectivity index is 1.62. The van der Waals surface area contributed by atoms with E-state index in [0.717, 1.165) is 32.1 Å². The molecule has 0 aliphatic heterocycles. The number of ketones is 1. The lowest BCUT2D eigenvalue weighted by Crippen LogP contribution is -2.70. The zero-order valence-corrected chi connectivity index (χ0v) is 19.6. The number of ether oxygens (including phenoxy) is 2. The summed E-state index contributed by atoms with van der Waals surface area (Å²) in [5.74, 6) is -0.0593. The van der Waals surface area contributed by atoms with Gasteiger partial charge in [0.25, 0.3) is 0 Å². The summed E-state index contributed by atoms with van der Waals surface area (Å²) in [6.45, 7) is 9.10. The second kappa shape index (κ2) is 7.57. The van der Waals surface area contributed by atoms with Gasteiger partial charge in [-0.15, -0.1) is 0 Å². The van der Waals surface area contributed by atoms with Crippen molar-refractivity contribution in [2.45, 2.75) is 104 Å². The van der Waals surface area contributed by atoms with Gasteiger partial charge in [0.15, 0.2) is 5.78 Å². The van der Waals surface area contributed by atoms with Crippen molar-refractivity contribution < 1.29 is 29.0 Å². The molecule has 0 saturated heterocycles. The van der Waals surface area contributed by atoms with Gasteiger partial charge in [0.05, 0.1) is 0 Å². The van der Waals surface area contributed by atoms with E-state index in [0.29, 0.717) is 19.3 Å². The molecule has 6 nitrogen and oxygen atoms in total. The van der Waals surface area contributed by atoms with Crippen molar-refractivity contribution in [3.05, 3.63) is 0 Å². The van der Waals surface area contributed by atoms with Crippen molar-refractivity contribution in [3.8, 4) is 0 Å². The highest BCUT2D eigenvalue weighted by atomic mass is 16.5. The van der Waals surface area contributed by atoms with Crippen LogP contribution in [0.2, 0.25) is 0 Å². The molecule has 0 aromatic carbocycles. The van der Waals surface area contributed by atoms with Gasteiger partial charge in [-0.05, 0) is 75.0 Å². The first-order valence-electron chi connectivity index (χ1n) is 12.0. The molecule has 9 atom stereocenters. The van der Waals surface area contributed by atoms with Crippen molar-refractivity contribution >= 4 is 17.7 Å². The second-order valence-electron chi connectivity index (χ2n) is 11.3. The Kier molecular flexibility index (Phi) is 5.55. The number of fused-ring (bicyclic) bond motifs is 5. The van der Waals surface area contributed by atoms with Crippen LogP contribution in [0, 0.1) is 34.5 Å². The van der Waals surface area contributed by atoms with Gasteiger partial charge in [-0.25, -0.2) is 0 Å². The molecule has 4 saturated carbocycles. The van der Waals surface area contributed by atoms with E-state index in [4.69, 9.17) is 9.47 Å². The number of hydrogen-bond donors (Lipinski definition) is 1. The maximum absolute atomic E-state index is 13.8.